The summed E-state index contributed by atoms with van der Waals surface area (Å²) in [6.07, 6.45) is -0.149. The number of methoxy groups -OCH3 is 1. The maximum atomic E-state index is 11.6. The molecule has 1 aromatic carbocycles. The molecule has 2 amide bonds. The molecule has 4 N–H and O–H groups in total. The zero-order chi connectivity index (χ0) is 14.4. The summed E-state index contributed by atoms with van der Waals surface area (Å²) >= 11 is 0. The van der Waals surface area contributed by atoms with Crippen LogP contribution in [0.4, 0.5) is 10.5 Å². The zero-order valence-corrected chi connectivity index (χ0v) is 10.6. The van der Waals surface area contributed by atoms with Gasteiger partial charge in [0, 0.05) is 13.7 Å². The third kappa shape index (κ3) is 4.47. The van der Waals surface area contributed by atoms with Gasteiger partial charge in [0.1, 0.15) is 5.75 Å². The van der Waals surface area contributed by atoms with E-state index in [-0.39, 0.29) is 23.1 Å². The number of ether oxygens (including phenoxy) is 1. The molecule has 7 nitrogen and oxygen atoms in total. The molecule has 0 spiro atoms. The topological polar surface area (TPSA) is 108 Å². The first-order valence-electron chi connectivity index (χ1n) is 5.58. The molecule has 0 radical (unpaired) electrons. The number of rotatable bonds is 5. The maximum Gasteiger partial charge on any atom is 0.337 e. The van der Waals surface area contributed by atoms with Crippen LogP contribution in [0.25, 0.3) is 0 Å². The first kappa shape index (κ1) is 14.8. The lowest BCUT2D eigenvalue weighted by Gasteiger charge is -2.13. The molecule has 0 aliphatic carbocycles. The third-order valence-corrected chi connectivity index (χ3v) is 2.43. The fourth-order valence-electron chi connectivity index (χ4n) is 1.30. The fraction of sp³-hybridized carbons (Fsp3) is 0.333. The molecular formula is C12H16N2O5. The summed E-state index contributed by atoms with van der Waals surface area (Å²) in [5.74, 6) is -1.42. The second-order valence-corrected chi connectivity index (χ2v) is 3.92. The van der Waals surface area contributed by atoms with Crippen molar-refractivity contribution in [3.63, 3.8) is 0 Å². The van der Waals surface area contributed by atoms with Gasteiger partial charge < -0.3 is 25.6 Å². The molecule has 0 bridgehead atoms. The first-order chi connectivity index (χ1) is 8.93. The normalized spacial score (nSPS) is 11.7. The van der Waals surface area contributed by atoms with Crippen LogP contribution in [0.3, 0.4) is 0 Å². The SMILES string of the molecule is COC(C)CNC(=O)Nc1ccc(O)cc1C(=O)O. The van der Waals surface area contributed by atoms with Gasteiger partial charge in [-0.1, -0.05) is 0 Å². The average Bonchev–Trinajstić information content (AvgIpc) is 2.37. The van der Waals surface area contributed by atoms with E-state index in [1.165, 1.54) is 19.2 Å². The van der Waals surface area contributed by atoms with Crippen LogP contribution in [0.1, 0.15) is 17.3 Å². The smallest absolute Gasteiger partial charge is 0.337 e. The predicted octanol–water partition coefficient (Wildman–Crippen LogP) is 1.25. The summed E-state index contributed by atoms with van der Waals surface area (Å²) in [5, 5.41) is 23.1. The molecule has 7 heteroatoms. The van der Waals surface area contributed by atoms with Crippen LogP contribution in [-0.4, -0.2) is 42.0 Å². The number of aromatic carboxylic acids is 1. The third-order valence-electron chi connectivity index (χ3n) is 2.43. The molecule has 0 saturated carbocycles. The second kappa shape index (κ2) is 6.60. The highest BCUT2D eigenvalue weighted by Crippen LogP contribution is 2.21. The molecule has 1 atom stereocenters. The molecule has 1 aromatic rings. The van der Waals surface area contributed by atoms with Crippen molar-refractivity contribution < 1.29 is 24.5 Å². The van der Waals surface area contributed by atoms with E-state index in [1.54, 1.807) is 6.92 Å². The summed E-state index contributed by atoms with van der Waals surface area (Å²) in [4.78, 5) is 22.5. The quantitative estimate of drug-likeness (QED) is 0.601. The van der Waals surface area contributed by atoms with Crippen LogP contribution in [-0.2, 0) is 4.74 Å². The van der Waals surface area contributed by atoms with Crippen LogP contribution in [0.5, 0.6) is 5.75 Å². The minimum Gasteiger partial charge on any atom is -0.508 e. The number of urea groups is 1. The molecular weight excluding hydrogens is 252 g/mol. The first-order valence-corrected chi connectivity index (χ1v) is 5.58. The van der Waals surface area contributed by atoms with E-state index in [1.807, 2.05) is 0 Å². The number of amides is 2. The largest absolute Gasteiger partial charge is 0.508 e. The molecule has 0 fully saturated rings. The van der Waals surface area contributed by atoms with E-state index in [0.717, 1.165) is 6.07 Å². The Morgan fingerprint density at radius 3 is 2.68 bits per heavy atom. The summed E-state index contributed by atoms with van der Waals surface area (Å²) in [5.41, 5.74) is -0.0807. The van der Waals surface area contributed by atoms with Crippen molar-refractivity contribution in [3.05, 3.63) is 23.8 Å². The number of nitrogens with one attached hydrogen (secondary N) is 2. The number of aromatic hydroxyl groups is 1. The van der Waals surface area contributed by atoms with E-state index in [2.05, 4.69) is 10.6 Å². The zero-order valence-electron chi connectivity index (χ0n) is 10.6. The van der Waals surface area contributed by atoms with E-state index < -0.39 is 12.0 Å². The number of phenols is 1. The standard InChI is InChI=1S/C12H16N2O5/c1-7(19-2)6-13-12(18)14-10-4-3-8(15)5-9(10)11(16)17/h3-5,7,15H,6H2,1-2H3,(H,16,17)(H2,13,14,18). The average molecular weight is 268 g/mol. The summed E-state index contributed by atoms with van der Waals surface area (Å²) in [6.45, 7) is 2.08. The van der Waals surface area contributed by atoms with Crippen molar-refractivity contribution in [3.8, 4) is 5.75 Å². The van der Waals surface area contributed by atoms with Gasteiger partial charge in [-0.25, -0.2) is 9.59 Å². The molecule has 104 valence electrons. The molecule has 0 heterocycles. The lowest BCUT2D eigenvalue weighted by molar-refractivity contribution is 0.0697. The minimum atomic E-state index is -1.24. The Morgan fingerprint density at radius 1 is 1.42 bits per heavy atom. The number of carboxylic acids is 1. The van der Waals surface area contributed by atoms with Gasteiger partial charge in [0.15, 0.2) is 0 Å². The van der Waals surface area contributed by atoms with Crippen molar-refractivity contribution in [1.82, 2.24) is 5.32 Å². The highest BCUT2D eigenvalue weighted by molar-refractivity contribution is 6.00. The van der Waals surface area contributed by atoms with E-state index >= 15 is 0 Å². The van der Waals surface area contributed by atoms with Crippen molar-refractivity contribution in [1.29, 1.82) is 0 Å². The van der Waals surface area contributed by atoms with E-state index in [4.69, 9.17) is 9.84 Å². The number of benzene rings is 1. The molecule has 0 saturated heterocycles. The van der Waals surface area contributed by atoms with Gasteiger partial charge in [-0.05, 0) is 25.1 Å². The highest BCUT2D eigenvalue weighted by atomic mass is 16.5. The number of phenolic OH excluding ortho intramolecular Hbond substituents is 1. The molecule has 0 aromatic heterocycles. The van der Waals surface area contributed by atoms with E-state index in [9.17, 15) is 14.7 Å². The Morgan fingerprint density at radius 2 is 2.11 bits per heavy atom. The maximum absolute atomic E-state index is 11.6. The van der Waals surface area contributed by atoms with E-state index in [0.29, 0.717) is 6.54 Å². The van der Waals surface area contributed by atoms with Crippen molar-refractivity contribution >= 4 is 17.7 Å². The Labute approximate surface area is 110 Å². The van der Waals surface area contributed by atoms with Gasteiger partial charge in [-0.2, -0.15) is 0 Å². The number of hydrogen-bond donors (Lipinski definition) is 4. The van der Waals surface area contributed by atoms with Gasteiger partial charge >= 0.3 is 12.0 Å². The molecule has 0 aliphatic rings. The Hall–Kier alpha value is -2.28. The Bertz CT molecular complexity index is 475. The number of carbonyl (C=O) groups is 2. The lowest BCUT2D eigenvalue weighted by atomic mass is 10.1. The Kier molecular flexibility index (Phi) is 5.13. The second-order valence-electron chi connectivity index (χ2n) is 3.92. The number of anilines is 1. The van der Waals surface area contributed by atoms with Crippen LogP contribution in [0.15, 0.2) is 18.2 Å². The highest BCUT2D eigenvalue weighted by Gasteiger charge is 2.13. The van der Waals surface area contributed by atoms with Crippen LogP contribution in [0, 0.1) is 0 Å². The number of hydrogen-bond acceptors (Lipinski definition) is 4. The molecule has 1 unspecified atom stereocenters. The van der Waals surface area contributed by atoms with Gasteiger partial charge in [0.05, 0.1) is 17.4 Å². The molecule has 0 aliphatic heterocycles. The monoisotopic (exact) mass is 268 g/mol. The number of carbonyl (C=O) groups excluding carboxylic acids is 1. The van der Waals surface area contributed by atoms with Gasteiger partial charge in [0.2, 0.25) is 0 Å². The van der Waals surface area contributed by atoms with Gasteiger partial charge in [-0.15, -0.1) is 0 Å². The lowest BCUT2D eigenvalue weighted by Crippen LogP contribution is -2.35. The fourth-order valence-corrected chi connectivity index (χ4v) is 1.30. The van der Waals surface area contributed by atoms with Gasteiger partial charge in [-0.3, -0.25) is 0 Å². The molecule has 1 rings (SSSR count). The van der Waals surface area contributed by atoms with Crippen molar-refractivity contribution in [2.75, 3.05) is 19.0 Å². The predicted molar refractivity (Wildman–Crippen MR) is 68.6 cm³/mol. The van der Waals surface area contributed by atoms with Crippen molar-refractivity contribution in [2.45, 2.75) is 13.0 Å². The van der Waals surface area contributed by atoms with Crippen LogP contribution >= 0.6 is 0 Å². The summed E-state index contributed by atoms with van der Waals surface area (Å²) in [6, 6.07) is 3.13. The van der Waals surface area contributed by atoms with Crippen molar-refractivity contribution in [2.24, 2.45) is 0 Å². The van der Waals surface area contributed by atoms with Crippen LogP contribution < -0.4 is 10.6 Å². The summed E-state index contributed by atoms with van der Waals surface area (Å²) in [7, 11) is 1.52. The Balaban J connectivity index is 2.71. The minimum absolute atomic E-state index is 0.105. The summed E-state index contributed by atoms with van der Waals surface area (Å²) < 4.78 is 4.96. The molecule has 19 heavy (non-hydrogen) atoms. The van der Waals surface area contributed by atoms with Crippen LogP contribution in [0.2, 0.25) is 0 Å². The number of carboxylic acid groups (broad SMARTS) is 1. The van der Waals surface area contributed by atoms with Gasteiger partial charge in [0.25, 0.3) is 0 Å².